The number of nitrogens with one attached hydrogen (secondary N) is 2. The van der Waals surface area contributed by atoms with Crippen LogP contribution in [-0.2, 0) is 4.79 Å². The van der Waals surface area contributed by atoms with Gasteiger partial charge < -0.3 is 14.8 Å². The number of anilines is 1. The Bertz CT molecular complexity index is 804. The van der Waals surface area contributed by atoms with Crippen LogP contribution in [0.5, 0.6) is 11.5 Å². The lowest BCUT2D eigenvalue weighted by Crippen LogP contribution is -2.32. The van der Waals surface area contributed by atoms with Gasteiger partial charge in [-0.05, 0) is 31.0 Å². The third-order valence-electron chi connectivity index (χ3n) is 4.07. The molecule has 0 fully saturated rings. The summed E-state index contributed by atoms with van der Waals surface area (Å²) in [4.78, 5) is 24.2. The average Bonchev–Trinajstić information content (AvgIpc) is 3.29. The molecule has 2 heterocycles. The Morgan fingerprint density at radius 3 is 2.73 bits per heavy atom. The van der Waals surface area contributed by atoms with Crippen molar-refractivity contribution in [2.75, 3.05) is 18.7 Å². The van der Waals surface area contributed by atoms with E-state index in [1.165, 1.54) is 11.3 Å². The van der Waals surface area contributed by atoms with Gasteiger partial charge in [-0.1, -0.05) is 25.2 Å². The summed E-state index contributed by atoms with van der Waals surface area (Å²) in [5, 5.41) is 14.7. The van der Waals surface area contributed by atoms with Crippen LogP contribution >= 0.6 is 11.3 Å². The molecule has 2 N–H and O–H groups in total. The molecule has 1 aromatic heterocycles. The van der Waals surface area contributed by atoms with Crippen molar-refractivity contribution < 1.29 is 19.1 Å². The minimum Gasteiger partial charge on any atom is -0.454 e. The average molecular weight is 376 g/mol. The molecule has 26 heavy (non-hydrogen) atoms. The highest BCUT2D eigenvalue weighted by Gasteiger charge is 2.17. The smallest absolute Gasteiger partial charge is 0.251 e. The number of amides is 2. The molecule has 1 aliphatic heterocycles. The molecule has 8 nitrogen and oxygen atoms in total. The second kappa shape index (κ2) is 8.13. The van der Waals surface area contributed by atoms with Crippen molar-refractivity contribution in [2.45, 2.75) is 32.6 Å². The van der Waals surface area contributed by atoms with Gasteiger partial charge in [0.1, 0.15) is 5.01 Å². The van der Waals surface area contributed by atoms with Crippen LogP contribution in [0.25, 0.3) is 0 Å². The molecule has 0 aliphatic carbocycles. The Balaban J connectivity index is 1.52. The van der Waals surface area contributed by atoms with E-state index in [0.29, 0.717) is 28.1 Å². The van der Waals surface area contributed by atoms with Crippen LogP contribution in [0.3, 0.4) is 0 Å². The number of hydrogen-bond acceptors (Lipinski definition) is 7. The SMILES string of the molecule is CCC(CC)c1nnc(NC(=O)CNC(=O)c2ccc3c(c2)OCO3)s1. The zero-order chi connectivity index (χ0) is 18.5. The van der Waals surface area contributed by atoms with Crippen molar-refractivity contribution in [1.29, 1.82) is 0 Å². The van der Waals surface area contributed by atoms with Gasteiger partial charge in [-0.3, -0.25) is 14.9 Å². The number of rotatable bonds is 7. The summed E-state index contributed by atoms with van der Waals surface area (Å²) < 4.78 is 10.4. The number of hydrogen-bond donors (Lipinski definition) is 2. The molecule has 0 radical (unpaired) electrons. The Hall–Kier alpha value is -2.68. The van der Waals surface area contributed by atoms with E-state index in [1.807, 2.05) is 0 Å². The number of fused-ring (bicyclic) bond motifs is 1. The van der Waals surface area contributed by atoms with Gasteiger partial charge in [-0.25, -0.2) is 0 Å². The summed E-state index contributed by atoms with van der Waals surface area (Å²) in [5.41, 5.74) is 0.397. The lowest BCUT2D eigenvalue weighted by Gasteiger charge is -2.06. The molecule has 138 valence electrons. The summed E-state index contributed by atoms with van der Waals surface area (Å²) in [6.07, 6.45) is 1.95. The third kappa shape index (κ3) is 4.10. The van der Waals surface area contributed by atoms with Gasteiger partial charge >= 0.3 is 0 Å². The quantitative estimate of drug-likeness (QED) is 0.770. The van der Waals surface area contributed by atoms with E-state index in [9.17, 15) is 9.59 Å². The highest BCUT2D eigenvalue weighted by Crippen LogP contribution is 2.32. The predicted molar refractivity (Wildman–Crippen MR) is 96.8 cm³/mol. The highest BCUT2D eigenvalue weighted by atomic mass is 32.1. The number of carbonyl (C=O) groups excluding carboxylic acids is 2. The van der Waals surface area contributed by atoms with Crippen molar-refractivity contribution in [3.05, 3.63) is 28.8 Å². The van der Waals surface area contributed by atoms with Crippen LogP contribution in [-0.4, -0.2) is 35.3 Å². The second-order valence-corrected chi connectivity index (χ2v) is 6.77. The van der Waals surface area contributed by atoms with E-state index in [1.54, 1.807) is 18.2 Å². The number of nitrogens with zero attached hydrogens (tertiary/aromatic N) is 2. The number of aromatic nitrogens is 2. The van der Waals surface area contributed by atoms with Crippen LogP contribution in [0.15, 0.2) is 18.2 Å². The molecule has 2 aromatic rings. The van der Waals surface area contributed by atoms with Crippen LogP contribution in [0.1, 0.15) is 48.0 Å². The van der Waals surface area contributed by atoms with Crippen LogP contribution < -0.4 is 20.1 Å². The first-order valence-electron chi connectivity index (χ1n) is 8.41. The fourth-order valence-corrected chi connectivity index (χ4v) is 3.58. The van der Waals surface area contributed by atoms with Crippen molar-refractivity contribution in [1.82, 2.24) is 15.5 Å². The molecule has 0 spiro atoms. The summed E-state index contributed by atoms with van der Waals surface area (Å²) in [5.74, 6) is 0.748. The fourth-order valence-electron chi connectivity index (χ4n) is 2.55. The van der Waals surface area contributed by atoms with Gasteiger partial charge in [0.05, 0.1) is 6.54 Å². The largest absolute Gasteiger partial charge is 0.454 e. The van der Waals surface area contributed by atoms with Crippen LogP contribution in [0.2, 0.25) is 0 Å². The number of ether oxygens (including phenoxy) is 2. The fraction of sp³-hybridized carbons (Fsp3) is 0.412. The van der Waals surface area contributed by atoms with Gasteiger partial charge in [-0.15, -0.1) is 10.2 Å². The van der Waals surface area contributed by atoms with Crippen molar-refractivity contribution in [2.24, 2.45) is 0 Å². The van der Waals surface area contributed by atoms with Gasteiger partial charge in [0.15, 0.2) is 11.5 Å². The molecule has 9 heteroatoms. The third-order valence-corrected chi connectivity index (χ3v) is 5.07. The summed E-state index contributed by atoms with van der Waals surface area (Å²) in [7, 11) is 0. The molecular formula is C17H20N4O4S. The van der Waals surface area contributed by atoms with Crippen LogP contribution in [0.4, 0.5) is 5.13 Å². The molecule has 3 rings (SSSR count). The molecule has 2 amide bonds. The molecule has 0 saturated heterocycles. The molecule has 0 unspecified atom stereocenters. The van der Waals surface area contributed by atoms with E-state index in [2.05, 4.69) is 34.7 Å². The first-order valence-corrected chi connectivity index (χ1v) is 9.23. The van der Waals surface area contributed by atoms with Gasteiger partial charge in [0, 0.05) is 11.5 Å². The molecule has 0 atom stereocenters. The first-order chi connectivity index (χ1) is 12.6. The van der Waals surface area contributed by atoms with Gasteiger partial charge in [0.2, 0.25) is 17.8 Å². The monoisotopic (exact) mass is 376 g/mol. The lowest BCUT2D eigenvalue weighted by atomic mass is 10.1. The topological polar surface area (TPSA) is 102 Å². The number of carbonyl (C=O) groups is 2. The van der Waals surface area contributed by atoms with Crippen molar-refractivity contribution in [3.8, 4) is 11.5 Å². The second-order valence-electron chi connectivity index (χ2n) is 5.76. The molecular weight excluding hydrogens is 356 g/mol. The minimum absolute atomic E-state index is 0.142. The Labute approximate surface area is 154 Å². The van der Waals surface area contributed by atoms with E-state index >= 15 is 0 Å². The Kier molecular flexibility index (Phi) is 5.67. The van der Waals surface area contributed by atoms with E-state index in [-0.39, 0.29) is 25.2 Å². The zero-order valence-electron chi connectivity index (χ0n) is 14.6. The first kappa shape index (κ1) is 18.1. The molecule has 1 aliphatic rings. The lowest BCUT2D eigenvalue weighted by molar-refractivity contribution is -0.115. The zero-order valence-corrected chi connectivity index (χ0v) is 15.4. The van der Waals surface area contributed by atoms with E-state index in [0.717, 1.165) is 17.8 Å². The standard InChI is InChI=1S/C17H20N4O4S/c1-3-10(4-2)16-20-21-17(26-16)19-14(22)8-18-15(23)11-5-6-12-13(7-11)25-9-24-12/h5-7,10H,3-4,8-9H2,1-2H3,(H,18,23)(H,19,21,22). The maximum atomic E-state index is 12.2. The maximum Gasteiger partial charge on any atom is 0.251 e. The van der Waals surface area contributed by atoms with E-state index in [4.69, 9.17) is 9.47 Å². The molecule has 0 saturated carbocycles. The van der Waals surface area contributed by atoms with Crippen LogP contribution in [0, 0.1) is 0 Å². The summed E-state index contributed by atoms with van der Waals surface area (Å²) in [6.45, 7) is 4.18. The summed E-state index contributed by atoms with van der Waals surface area (Å²) >= 11 is 1.37. The van der Waals surface area contributed by atoms with E-state index < -0.39 is 0 Å². The number of benzene rings is 1. The maximum absolute atomic E-state index is 12.2. The minimum atomic E-state index is -0.367. The predicted octanol–water partition coefficient (Wildman–Crippen LogP) is 2.54. The highest BCUT2D eigenvalue weighted by molar-refractivity contribution is 7.15. The molecule has 1 aromatic carbocycles. The van der Waals surface area contributed by atoms with Crippen molar-refractivity contribution >= 4 is 28.3 Å². The van der Waals surface area contributed by atoms with Gasteiger partial charge in [-0.2, -0.15) is 0 Å². The molecule has 0 bridgehead atoms. The Morgan fingerprint density at radius 2 is 1.96 bits per heavy atom. The Morgan fingerprint density at radius 1 is 1.19 bits per heavy atom. The summed E-state index contributed by atoms with van der Waals surface area (Å²) in [6, 6.07) is 4.87. The normalized spacial score (nSPS) is 12.3. The van der Waals surface area contributed by atoms with Gasteiger partial charge in [0.25, 0.3) is 5.91 Å². The van der Waals surface area contributed by atoms with Crippen molar-refractivity contribution in [3.63, 3.8) is 0 Å².